The van der Waals surface area contributed by atoms with E-state index in [0.717, 1.165) is 12.0 Å². The van der Waals surface area contributed by atoms with E-state index in [-0.39, 0.29) is 18.2 Å². The summed E-state index contributed by atoms with van der Waals surface area (Å²) in [6.07, 6.45) is 0.758. The van der Waals surface area contributed by atoms with Gasteiger partial charge in [0.05, 0.1) is 0 Å². The molecule has 1 aromatic carbocycles. The van der Waals surface area contributed by atoms with Crippen LogP contribution in [0.5, 0.6) is 0 Å². The van der Waals surface area contributed by atoms with Crippen molar-refractivity contribution in [2.75, 3.05) is 6.54 Å². The molecule has 0 unspecified atom stereocenters. The largest absolute Gasteiger partial charge is 0.271 e. The SMILES string of the molecule is Cl.NNCCc1cccc(F)c1. The van der Waals surface area contributed by atoms with Crippen LogP contribution < -0.4 is 11.3 Å². The Bertz CT molecular complexity index is 230. The summed E-state index contributed by atoms with van der Waals surface area (Å²) in [4.78, 5) is 0. The maximum Gasteiger partial charge on any atom is 0.123 e. The second kappa shape index (κ2) is 5.94. The number of rotatable bonds is 3. The second-order valence-electron chi connectivity index (χ2n) is 2.33. The zero-order chi connectivity index (χ0) is 8.10. The van der Waals surface area contributed by atoms with E-state index < -0.39 is 0 Å². The fraction of sp³-hybridized carbons (Fsp3) is 0.250. The van der Waals surface area contributed by atoms with Crippen molar-refractivity contribution in [2.24, 2.45) is 5.84 Å². The van der Waals surface area contributed by atoms with Gasteiger partial charge in [-0.05, 0) is 24.1 Å². The van der Waals surface area contributed by atoms with Gasteiger partial charge in [-0.3, -0.25) is 11.3 Å². The zero-order valence-corrected chi connectivity index (χ0v) is 7.40. The lowest BCUT2D eigenvalue weighted by Crippen LogP contribution is -2.24. The van der Waals surface area contributed by atoms with Crippen LogP contribution in [0.2, 0.25) is 0 Å². The summed E-state index contributed by atoms with van der Waals surface area (Å²) in [5, 5.41) is 0. The smallest absolute Gasteiger partial charge is 0.123 e. The molecule has 0 saturated heterocycles. The van der Waals surface area contributed by atoms with Crippen LogP contribution in [-0.2, 0) is 6.42 Å². The summed E-state index contributed by atoms with van der Waals surface area (Å²) in [6, 6.07) is 6.51. The van der Waals surface area contributed by atoms with Crippen molar-refractivity contribution in [3.05, 3.63) is 35.6 Å². The molecule has 0 saturated carbocycles. The van der Waals surface area contributed by atoms with Crippen LogP contribution in [0.3, 0.4) is 0 Å². The molecule has 68 valence electrons. The van der Waals surface area contributed by atoms with Gasteiger partial charge in [-0.2, -0.15) is 0 Å². The van der Waals surface area contributed by atoms with E-state index in [1.54, 1.807) is 6.07 Å². The fourth-order valence-corrected chi connectivity index (χ4v) is 0.909. The van der Waals surface area contributed by atoms with E-state index >= 15 is 0 Å². The Morgan fingerprint density at radius 1 is 1.42 bits per heavy atom. The van der Waals surface area contributed by atoms with E-state index in [1.165, 1.54) is 12.1 Å². The average Bonchev–Trinajstić information content (AvgIpc) is 2.01. The van der Waals surface area contributed by atoms with Crippen LogP contribution in [0.25, 0.3) is 0 Å². The third-order valence-corrected chi connectivity index (χ3v) is 1.45. The Hall–Kier alpha value is -0.640. The van der Waals surface area contributed by atoms with Crippen LogP contribution in [0.4, 0.5) is 4.39 Å². The maximum atomic E-state index is 12.5. The highest BCUT2D eigenvalue weighted by molar-refractivity contribution is 5.85. The molecule has 0 aliphatic rings. The summed E-state index contributed by atoms with van der Waals surface area (Å²) in [6.45, 7) is 0.670. The van der Waals surface area contributed by atoms with Crippen LogP contribution in [0.15, 0.2) is 24.3 Å². The van der Waals surface area contributed by atoms with Gasteiger partial charge in [0.2, 0.25) is 0 Å². The standard InChI is InChI=1S/C8H11FN2.ClH/c9-8-3-1-2-7(6-8)4-5-11-10;/h1-3,6,11H,4-5,10H2;1H. The molecule has 1 rings (SSSR count). The summed E-state index contributed by atoms with van der Waals surface area (Å²) < 4.78 is 12.5. The van der Waals surface area contributed by atoms with Gasteiger partial charge in [0.15, 0.2) is 0 Å². The molecule has 3 N–H and O–H groups in total. The molecule has 0 heterocycles. The van der Waals surface area contributed by atoms with Gasteiger partial charge in [-0.25, -0.2) is 4.39 Å². The first kappa shape index (κ1) is 11.4. The molecule has 0 spiro atoms. The van der Waals surface area contributed by atoms with E-state index in [0.29, 0.717) is 6.54 Å². The molecule has 0 aliphatic carbocycles. The van der Waals surface area contributed by atoms with Crippen molar-refractivity contribution in [1.82, 2.24) is 5.43 Å². The van der Waals surface area contributed by atoms with Gasteiger partial charge in [0, 0.05) is 6.54 Å². The van der Waals surface area contributed by atoms with Crippen molar-refractivity contribution in [2.45, 2.75) is 6.42 Å². The fourth-order valence-electron chi connectivity index (χ4n) is 0.909. The summed E-state index contributed by atoms with van der Waals surface area (Å²) in [7, 11) is 0. The predicted molar refractivity (Wildman–Crippen MR) is 49.5 cm³/mol. The Labute approximate surface area is 77.3 Å². The van der Waals surface area contributed by atoms with Gasteiger partial charge < -0.3 is 0 Å². The summed E-state index contributed by atoms with van der Waals surface area (Å²) >= 11 is 0. The van der Waals surface area contributed by atoms with Crippen LogP contribution in [-0.4, -0.2) is 6.54 Å². The molecule has 0 radical (unpaired) electrons. The molecule has 0 atom stereocenters. The third-order valence-electron chi connectivity index (χ3n) is 1.45. The van der Waals surface area contributed by atoms with Crippen molar-refractivity contribution in [1.29, 1.82) is 0 Å². The zero-order valence-electron chi connectivity index (χ0n) is 6.59. The molecule has 4 heteroatoms. The molecule has 0 amide bonds. The minimum atomic E-state index is -0.195. The van der Waals surface area contributed by atoms with E-state index in [4.69, 9.17) is 5.84 Å². The van der Waals surface area contributed by atoms with Crippen LogP contribution >= 0.6 is 12.4 Å². The van der Waals surface area contributed by atoms with Crippen molar-refractivity contribution in [3.63, 3.8) is 0 Å². The van der Waals surface area contributed by atoms with Crippen molar-refractivity contribution < 1.29 is 4.39 Å². The van der Waals surface area contributed by atoms with Gasteiger partial charge in [-0.1, -0.05) is 12.1 Å². The molecule has 2 nitrogen and oxygen atoms in total. The minimum absolute atomic E-state index is 0. The Morgan fingerprint density at radius 3 is 2.75 bits per heavy atom. The molecule has 1 aromatic rings. The summed E-state index contributed by atoms with van der Waals surface area (Å²) in [5.74, 6) is 4.88. The Kier molecular flexibility index (Phi) is 5.62. The lowest BCUT2D eigenvalue weighted by molar-refractivity contribution is 0.623. The number of nitrogens with two attached hydrogens (primary N) is 1. The molecule has 12 heavy (non-hydrogen) atoms. The molecule has 0 bridgehead atoms. The Balaban J connectivity index is 0.00000121. The van der Waals surface area contributed by atoms with Gasteiger partial charge in [0.1, 0.15) is 5.82 Å². The van der Waals surface area contributed by atoms with Gasteiger partial charge in [0.25, 0.3) is 0 Å². The predicted octanol–water partition coefficient (Wildman–Crippen LogP) is 1.25. The third kappa shape index (κ3) is 3.67. The van der Waals surface area contributed by atoms with E-state index in [9.17, 15) is 4.39 Å². The highest BCUT2D eigenvalue weighted by Crippen LogP contribution is 2.02. The number of benzene rings is 1. The highest BCUT2D eigenvalue weighted by atomic mass is 35.5. The summed E-state index contributed by atoms with van der Waals surface area (Å²) in [5.41, 5.74) is 3.47. The Morgan fingerprint density at radius 2 is 2.17 bits per heavy atom. The highest BCUT2D eigenvalue weighted by Gasteiger charge is 1.92. The molecule has 0 aliphatic heterocycles. The number of hydrogen-bond donors (Lipinski definition) is 2. The maximum absolute atomic E-state index is 12.5. The van der Waals surface area contributed by atoms with Gasteiger partial charge >= 0.3 is 0 Å². The van der Waals surface area contributed by atoms with Crippen LogP contribution in [0.1, 0.15) is 5.56 Å². The van der Waals surface area contributed by atoms with Crippen LogP contribution in [0, 0.1) is 5.82 Å². The molecule has 0 fully saturated rings. The first-order valence-corrected chi connectivity index (χ1v) is 3.51. The first-order valence-electron chi connectivity index (χ1n) is 3.51. The number of hydrogen-bond acceptors (Lipinski definition) is 2. The van der Waals surface area contributed by atoms with Crippen molar-refractivity contribution >= 4 is 12.4 Å². The van der Waals surface area contributed by atoms with E-state index in [1.807, 2.05) is 6.07 Å². The lowest BCUT2D eigenvalue weighted by Gasteiger charge is -1.99. The quantitative estimate of drug-likeness (QED) is 0.556. The topological polar surface area (TPSA) is 38.0 Å². The number of halogens is 2. The minimum Gasteiger partial charge on any atom is -0.271 e. The average molecular weight is 191 g/mol. The van der Waals surface area contributed by atoms with Crippen molar-refractivity contribution in [3.8, 4) is 0 Å². The monoisotopic (exact) mass is 190 g/mol. The lowest BCUT2D eigenvalue weighted by atomic mass is 10.1. The normalized spacial score (nSPS) is 9.17. The number of nitrogens with one attached hydrogen (secondary N) is 1. The second-order valence-corrected chi connectivity index (χ2v) is 2.33. The molecule has 0 aromatic heterocycles. The number of hydrazine groups is 1. The molecular weight excluding hydrogens is 179 g/mol. The molecular formula is C8H12ClFN2. The first-order chi connectivity index (χ1) is 5.33. The van der Waals surface area contributed by atoms with E-state index in [2.05, 4.69) is 5.43 Å². The van der Waals surface area contributed by atoms with Gasteiger partial charge in [-0.15, -0.1) is 12.4 Å².